The Morgan fingerprint density at radius 3 is 2.53 bits per heavy atom. The monoisotopic (exact) mass is 227 g/mol. The van der Waals surface area contributed by atoms with E-state index >= 15 is 0 Å². The topological polar surface area (TPSA) is 21.3 Å². The fourth-order valence-electron chi connectivity index (χ4n) is 1.52. The molecule has 0 spiro atoms. The normalized spacial score (nSPS) is 12.7. The van der Waals surface area contributed by atoms with Crippen molar-refractivity contribution in [1.82, 2.24) is 5.32 Å². The van der Waals surface area contributed by atoms with E-state index in [0.717, 1.165) is 24.7 Å². The predicted molar refractivity (Wildman–Crippen MR) is 64.4 cm³/mol. The van der Waals surface area contributed by atoms with Crippen LogP contribution in [0.4, 0.5) is 0 Å². The number of ether oxygens (including phenoxy) is 1. The van der Waals surface area contributed by atoms with Gasteiger partial charge in [-0.25, -0.2) is 0 Å². The molecule has 2 nitrogen and oxygen atoms in total. The maximum Gasteiger partial charge on any atom is 0.0484 e. The fraction of sp³-hybridized carbons (Fsp3) is 0.500. The molecular formula is C12H18ClNO. The molecule has 0 aliphatic carbocycles. The number of rotatable bonds is 6. The van der Waals surface area contributed by atoms with Crippen LogP contribution < -0.4 is 5.32 Å². The van der Waals surface area contributed by atoms with E-state index in [2.05, 4.69) is 17.4 Å². The van der Waals surface area contributed by atoms with Crippen LogP contribution in [0.2, 0.25) is 5.02 Å². The summed E-state index contributed by atoms with van der Waals surface area (Å²) in [5.41, 5.74) is 1.25. The smallest absolute Gasteiger partial charge is 0.0484 e. The van der Waals surface area contributed by atoms with Crippen LogP contribution >= 0.6 is 11.6 Å². The lowest BCUT2D eigenvalue weighted by molar-refractivity contribution is 0.137. The lowest BCUT2D eigenvalue weighted by Crippen LogP contribution is -2.18. The summed E-state index contributed by atoms with van der Waals surface area (Å²) in [6, 6.07) is 8.28. The summed E-state index contributed by atoms with van der Waals surface area (Å²) in [5.74, 6) is 0. The molecule has 0 saturated carbocycles. The minimum Gasteiger partial charge on any atom is -0.382 e. The van der Waals surface area contributed by atoms with E-state index < -0.39 is 0 Å². The average molecular weight is 228 g/mol. The van der Waals surface area contributed by atoms with Gasteiger partial charge in [0.15, 0.2) is 0 Å². The molecule has 84 valence electrons. The number of hydrogen-bond donors (Lipinski definition) is 1. The molecule has 1 rings (SSSR count). The predicted octanol–water partition coefficient (Wildman–Crippen LogP) is 3.03. The molecule has 1 unspecified atom stereocenters. The molecular weight excluding hydrogens is 210 g/mol. The highest BCUT2D eigenvalue weighted by Gasteiger charge is 2.08. The van der Waals surface area contributed by atoms with Crippen molar-refractivity contribution in [2.75, 3.05) is 20.3 Å². The Morgan fingerprint density at radius 2 is 2.00 bits per heavy atom. The molecule has 0 bridgehead atoms. The van der Waals surface area contributed by atoms with Gasteiger partial charge in [0.25, 0.3) is 0 Å². The molecule has 1 atom stereocenters. The van der Waals surface area contributed by atoms with Crippen molar-refractivity contribution >= 4 is 11.6 Å². The van der Waals surface area contributed by atoms with Gasteiger partial charge in [-0.15, -0.1) is 0 Å². The van der Waals surface area contributed by atoms with E-state index in [1.807, 2.05) is 26.1 Å². The van der Waals surface area contributed by atoms with Crippen LogP contribution in [0.15, 0.2) is 24.3 Å². The van der Waals surface area contributed by atoms with Crippen molar-refractivity contribution in [2.24, 2.45) is 0 Å². The number of benzene rings is 1. The Labute approximate surface area is 96.6 Å². The van der Waals surface area contributed by atoms with Gasteiger partial charge < -0.3 is 10.1 Å². The Kier molecular flexibility index (Phi) is 5.69. The third-order valence-electron chi connectivity index (χ3n) is 2.38. The molecule has 0 heterocycles. The molecule has 0 fully saturated rings. The molecule has 0 amide bonds. The SMILES string of the molecule is CCOCCC(NC)c1ccc(Cl)cc1. The van der Waals surface area contributed by atoms with Crippen molar-refractivity contribution in [3.63, 3.8) is 0 Å². The standard InChI is InChI=1S/C12H18ClNO/c1-3-15-9-8-12(14-2)10-4-6-11(13)7-5-10/h4-7,12,14H,3,8-9H2,1-2H3. The minimum absolute atomic E-state index is 0.341. The van der Waals surface area contributed by atoms with E-state index in [4.69, 9.17) is 16.3 Å². The summed E-state index contributed by atoms with van der Waals surface area (Å²) < 4.78 is 5.34. The molecule has 1 aromatic carbocycles. The Hall–Kier alpha value is -0.570. The highest BCUT2D eigenvalue weighted by atomic mass is 35.5. The average Bonchev–Trinajstić information content (AvgIpc) is 2.26. The summed E-state index contributed by atoms with van der Waals surface area (Å²) in [7, 11) is 1.96. The zero-order valence-electron chi connectivity index (χ0n) is 9.29. The Balaban J connectivity index is 2.53. The van der Waals surface area contributed by atoms with E-state index in [1.165, 1.54) is 5.56 Å². The van der Waals surface area contributed by atoms with Crippen molar-refractivity contribution in [2.45, 2.75) is 19.4 Å². The van der Waals surface area contributed by atoms with Gasteiger partial charge in [0.2, 0.25) is 0 Å². The molecule has 0 aromatic heterocycles. The first kappa shape index (κ1) is 12.5. The first-order valence-corrected chi connectivity index (χ1v) is 5.66. The van der Waals surface area contributed by atoms with E-state index in [-0.39, 0.29) is 0 Å². The zero-order valence-corrected chi connectivity index (χ0v) is 10.1. The summed E-state index contributed by atoms with van der Waals surface area (Å²) in [6.45, 7) is 3.57. The molecule has 1 aromatic rings. The van der Waals surface area contributed by atoms with Crippen LogP contribution in [0.3, 0.4) is 0 Å². The van der Waals surface area contributed by atoms with Crippen molar-refractivity contribution in [1.29, 1.82) is 0 Å². The second-order valence-electron chi connectivity index (χ2n) is 3.38. The van der Waals surface area contributed by atoms with Gasteiger partial charge in [0.05, 0.1) is 0 Å². The fourth-order valence-corrected chi connectivity index (χ4v) is 1.64. The molecule has 3 heteroatoms. The second kappa shape index (κ2) is 6.83. The van der Waals surface area contributed by atoms with Gasteiger partial charge in [-0.05, 0) is 38.1 Å². The Bertz CT molecular complexity index is 273. The van der Waals surface area contributed by atoms with Gasteiger partial charge in [0.1, 0.15) is 0 Å². The highest BCUT2D eigenvalue weighted by Crippen LogP contribution is 2.18. The zero-order chi connectivity index (χ0) is 11.1. The lowest BCUT2D eigenvalue weighted by Gasteiger charge is -2.16. The number of halogens is 1. The van der Waals surface area contributed by atoms with Crippen LogP contribution in [-0.4, -0.2) is 20.3 Å². The quantitative estimate of drug-likeness (QED) is 0.755. The molecule has 0 radical (unpaired) electrons. The minimum atomic E-state index is 0.341. The molecule has 15 heavy (non-hydrogen) atoms. The second-order valence-corrected chi connectivity index (χ2v) is 3.81. The summed E-state index contributed by atoms with van der Waals surface area (Å²) in [4.78, 5) is 0. The number of hydrogen-bond acceptors (Lipinski definition) is 2. The van der Waals surface area contributed by atoms with E-state index in [0.29, 0.717) is 6.04 Å². The van der Waals surface area contributed by atoms with Crippen LogP contribution in [0.1, 0.15) is 24.9 Å². The van der Waals surface area contributed by atoms with Crippen LogP contribution in [0.25, 0.3) is 0 Å². The van der Waals surface area contributed by atoms with E-state index in [1.54, 1.807) is 0 Å². The Morgan fingerprint density at radius 1 is 1.33 bits per heavy atom. The largest absolute Gasteiger partial charge is 0.382 e. The summed E-state index contributed by atoms with van der Waals surface area (Å²) in [6.07, 6.45) is 0.978. The van der Waals surface area contributed by atoms with Gasteiger partial charge in [0, 0.05) is 24.3 Å². The first-order valence-electron chi connectivity index (χ1n) is 5.28. The van der Waals surface area contributed by atoms with Gasteiger partial charge >= 0.3 is 0 Å². The van der Waals surface area contributed by atoms with Crippen LogP contribution in [0.5, 0.6) is 0 Å². The molecule has 0 aliphatic rings. The lowest BCUT2D eigenvalue weighted by atomic mass is 10.0. The summed E-state index contributed by atoms with van der Waals surface area (Å²) >= 11 is 5.84. The van der Waals surface area contributed by atoms with Crippen molar-refractivity contribution in [3.8, 4) is 0 Å². The highest BCUT2D eigenvalue weighted by molar-refractivity contribution is 6.30. The third kappa shape index (κ3) is 4.20. The molecule has 0 aliphatic heterocycles. The van der Waals surface area contributed by atoms with Crippen LogP contribution in [0, 0.1) is 0 Å². The molecule has 1 N–H and O–H groups in total. The maximum atomic E-state index is 5.84. The van der Waals surface area contributed by atoms with Crippen molar-refractivity contribution < 1.29 is 4.74 Å². The third-order valence-corrected chi connectivity index (χ3v) is 2.63. The van der Waals surface area contributed by atoms with Crippen molar-refractivity contribution in [3.05, 3.63) is 34.9 Å². The van der Waals surface area contributed by atoms with Crippen LogP contribution in [-0.2, 0) is 4.74 Å². The van der Waals surface area contributed by atoms with Gasteiger partial charge in [-0.3, -0.25) is 0 Å². The van der Waals surface area contributed by atoms with Gasteiger partial charge in [-0.2, -0.15) is 0 Å². The number of nitrogens with one attached hydrogen (secondary N) is 1. The molecule has 0 saturated heterocycles. The maximum absolute atomic E-state index is 5.84. The summed E-state index contributed by atoms with van der Waals surface area (Å²) in [5, 5.41) is 4.05. The van der Waals surface area contributed by atoms with E-state index in [9.17, 15) is 0 Å². The van der Waals surface area contributed by atoms with Gasteiger partial charge in [-0.1, -0.05) is 23.7 Å². The first-order chi connectivity index (χ1) is 7.27.